The molecule has 1 saturated carbocycles. The molecule has 1 aromatic rings. The number of aromatic nitrogens is 2. The molecule has 3 aliphatic rings. The number of hydrogen-bond acceptors (Lipinski definition) is 5. The molecular weight excluding hydrogens is 344 g/mol. The smallest absolute Gasteiger partial charge is 0.347 e. The Kier molecular flexibility index (Phi) is 5.32. The summed E-state index contributed by atoms with van der Waals surface area (Å²) in [5.41, 5.74) is 1.28. The highest BCUT2D eigenvalue weighted by Crippen LogP contribution is 2.42. The molecule has 1 amide bonds. The Morgan fingerprint density at radius 2 is 2.07 bits per heavy atom. The Labute approximate surface area is 160 Å². The summed E-state index contributed by atoms with van der Waals surface area (Å²) >= 11 is 0. The van der Waals surface area contributed by atoms with Gasteiger partial charge in [-0.2, -0.15) is 4.98 Å². The van der Waals surface area contributed by atoms with E-state index in [2.05, 4.69) is 15.2 Å². The molecule has 1 aromatic heterocycles. The zero-order valence-corrected chi connectivity index (χ0v) is 16.3. The van der Waals surface area contributed by atoms with E-state index in [1.165, 1.54) is 19.3 Å². The number of nitrogens with one attached hydrogen (secondary N) is 1. The molecule has 4 rings (SSSR count). The van der Waals surface area contributed by atoms with Crippen LogP contribution in [0.1, 0.15) is 43.5 Å². The average molecular weight is 374 g/mol. The highest BCUT2D eigenvalue weighted by Gasteiger charge is 2.56. The molecule has 7 heteroatoms. The van der Waals surface area contributed by atoms with Crippen LogP contribution >= 0.6 is 0 Å². The summed E-state index contributed by atoms with van der Waals surface area (Å²) in [5.74, 6) is 0.450. The minimum Gasteiger partial charge on any atom is -0.376 e. The topological polar surface area (TPSA) is 76.5 Å². The fourth-order valence-electron chi connectivity index (χ4n) is 5.04. The monoisotopic (exact) mass is 374 g/mol. The number of ether oxygens (including phenoxy) is 1. The standard InChI is InChI=1S/C20H30N4O3/c1-13-12-14(2)24(20(26)21-13)10-6-16(25)22-17-15-7-11-27-19(15)18(17)23-8-4-3-5-9-23/h12,15,17-19H,3-11H2,1-2H3,(H,22,25)/t15-,17+,18-,19-/m1/s1. The second kappa shape index (κ2) is 7.72. The van der Waals surface area contributed by atoms with Gasteiger partial charge in [-0.25, -0.2) is 4.79 Å². The van der Waals surface area contributed by atoms with Gasteiger partial charge in [0, 0.05) is 36.9 Å². The van der Waals surface area contributed by atoms with Crippen molar-refractivity contribution < 1.29 is 9.53 Å². The van der Waals surface area contributed by atoms with E-state index in [9.17, 15) is 9.59 Å². The Balaban J connectivity index is 1.37. The third-order valence-corrected chi connectivity index (χ3v) is 6.40. The van der Waals surface area contributed by atoms with Crippen LogP contribution in [-0.4, -0.2) is 58.2 Å². The van der Waals surface area contributed by atoms with Crippen LogP contribution in [0.15, 0.2) is 10.9 Å². The average Bonchev–Trinajstić information content (AvgIpc) is 3.03. The molecule has 0 aromatic carbocycles. The first-order chi connectivity index (χ1) is 13.0. The molecule has 3 fully saturated rings. The largest absolute Gasteiger partial charge is 0.376 e. The predicted octanol–water partition coefficient (Wildman–Crippen LogP) is 1.01. The molecule has 0 spiro atoms. The lowest BCUT2D eigenvalue weighted by Crippen LogP contribution is -2.71. The van der Waals surface area contributed by atoms with Gasteiger partial charge in [-0.15, -0.1) is 0 Å². The molecule has 2 saturated heterocycles. The van der Waals surface area contributed by atoms with Crippen molar-refractivity contribution in [1.82, 2.24) is 19.8 Å². The number of carbonyl (C=O) groups excluding carboxylic acids is 1. The Bertz CT molecular complexity index is 756. The molecule has 1 aliphatic carbocycles. The number of aryl methyl sites for hydroxylation is 2. The van der Waals surface area contributed by atoms with Crippen molar-refractivity contribution in [1.29, 1.82) is 0 Å². The van der Waals surface area contributed by atoms with Crippen molar-refractivity contribution in [3.8, 4) is 0 Å². The fraction of sp³-hybridized carbons (Fsp3) is 0.750. The molecule has 0 bridgehead atoms. The number of carbonyl (C=O) groups is 1. The molecule has 1 N–H and O–H groups in total. The fourth-order valence-corrected chi connectivity index (χ4v) is 5.04. The summed E-state index contributed by atoms with van der Waals surface area (Å²) in [6, 6.07) is 2.36. The maximum atomic E-state index is 12.6. The zero-order valence-electron chi connectivity index (χ0n) is 16.3. The number of hydrogen-bond donors (Lipinski definition) is 1. The highest BCUT2D eigenvalue weighted by molar-refractivity contribution is 5.76. The molecule has 2 aliphatic heterocycles. The third-order valence-electron chi connectivity index (χ3n) is 6.40. The zero-order chi connectivity index (χ0) is 19.0. The van der Waals surface area contributed by atoms with Crippen molar-refractivity contribution >= 4 is 5.91 Å². The number of rotatable bonds is 5. The van der Waals surface area contributed by atoms with Crippen molar-refractivity contribution in [2.45, 2.75) is 70.7 Å². The molecule has 7 nitrogen and oxygen atoms in total. The number of nitrogens with zero attached hydrogens (tertiary/aromatic N) is 3. The Hall–Kier alpha value is -1.73. The van der Waals surface area contributed by atoms with Crippen molar-refractivity contribution in [2.75, 3.05) is 19.7 Å². The minimum atomic E-state index is -0.278. The molecular formula is C20H30N4O3. The van der Waals surface area contributed by atoms with E-state index in [-0.39, 0.29) is 23.7 Å². The number of fused-ring (bicyclic) bond motifs is 1. The van der Waals surface area contributed by atoms with E-state index in [4.69, 9.17) is 4.74 Å². The van der Waals surface area contributed by atoms with Crippen LogP contribution in [0, 0.1) is 19.8 Å². The maximum Gasteiger partial charge on any atom is 0.347 e. The number of piperidine rings is 1. The summed E-state index contributed by atoms with van der Waals surface area (Å²) < 4.78 is 7.54. The predicted molar refractivity (Wildman–Crippen MR) is 102 cm³/mol. The minimum absolute atomic E-state index is 0.0132. The van der Waals surface area contributed by atoms with E-state index < -0.39 is 0 Å². The van der Waals surface area contributed by atoms with Gasteiger partial charge >= 0.3 is 5.69 Å². The SMILES string of the molecule is Cc1cc(C)n(CCC(=O)N[C@H]2[C@H]3CCO[C@H]3[C@@H]2N2CCCCC2)c(=O)n1. The van der Waals surface area contributed by atoms with Crippen molar-refractivity contribution in [3.63, 3.8) is 0 Å². The lowest BCUT2D eigenvalue weighted by Gasteiger charge is -2.53. The van der Waals surface area contributed by atoms with Crippen LogP contribution in [0.4, 0.5) is 0 Å². The van der Waals surface area contributed by atoms with Gasteiger partial charge in [0.2, 0.25) is 5.91 Å². The summed E-state index contributed by atoms with van der Waals surface area (Å²) in [5, 5.41) is 3.26. The van der Waals surface area contributed by atoms with Crippen LogP contribution < -0.4 is 11.0 Å². The van der Waals surface area contributed by atoms with Gasteiger partial charge in [-0.1, -0.05) is 6.42 Å². The molecule has 0 radical (unpaired) electrons. The van der Waals surface area contributed by atoms with Gasteiger partial charge in [0.25, 0.3) is 0 Å². The van der Waals surface area contributed by atoms with Gasteiger partial charge < -0.3 is 10.1 Å². The molecule has 4 atom stereocenters. The van der Waals surface area contributed by atoms with E-state index in [1.54, 1.807) is 4.57 Å². The summed E-state index contributed by atoms with van der Waals surface area (Å²) in [6.45, 7) is 7.07. The number of likely N-dealkylation sites (tertiary alicyclic amines) is 1. The summed E-state index contributed by atoms with van der Waals surface area (Å²) in [6.07, 6.45) is 5.37. The first-order valence-corrected chi connectivity index (χ1v) is 10.2. The van der Waals surface area contributed by atoms with Crippen molar-refractivity contribution in [2.24, 2.45) is 5.92 Å². The van der Waals surface area contributed by atoms with Crippen LogP contribution in [-0.2, 0) is 16.1 Å². The summed E-state index contributed by atoms with van der Waals surface area (Å²) in [7, 11) is 0. The van der Waals surface area contributed by atoms with Gasteiger partial charge in [0.05, 0.1) is 18.2 Å². The van der Waals surface area contributed by atoms with Gasteiger partial charge in [-0.3, -0.25) is 14.3 Å². The normalized spacial score (nSPS) is 30.6. The van der Waals surface area contributed by atoms with E-state index >= 15 is 0 Å². The van der Waals surface area contributed by atoms with Crippen LogP contribution in [0.3, 0.4) is 0 Å². The van der Waals surface area contributed by atoms with E-state index in [0.29, 0.717) is 30.6 Å². The summed E-state index contributed by atoms with van der Waals surface area (Å²) in [4.78, 5) is 31.2. The van der Waals surface area contributed by atoms with Gasteiger partial charge in [-0.05, 0) is 52.3 Å². The molecule has 148 valence electrons. The molecule has 3 heterocycles. The third kappa shape index (κ3) is 3.67. The Morgan fingerprint density at radius 3 is 2.81 bits per heavy atom. The maximum absolute atomic E-state index is 12.6. The lowest BCUT2D eigenvalue weighted by atomic mass is 9.70. The van der Waals surface area contributed by atoms with Gasteiger partial charge in [0.15, 0.2) is 0 Å². The van der Waals surface area contributed by atoms with Crippen LogP contribution in [0.25, 0.3) is 0 Å². The van der Waals surface area contributed by atoms with Crippen LogP contribution in [0.5, 0.6) is 0 Å². The molecule has 0 unspecified atom stereocenters. The first kappa shape index (κ1) is 18.6. The van der Waals surface area contributed by atoms with E-state index in [1.807, 2.05) is 19.9 Å². The molecule has 27 heavy (non-hydrogen) atoms. The number of amides is 1. The Morgan fingerprint density at radius 1 is 1.30 bits per heavy atom. The van der Waals surface area contributed by atoms with E-state index in [0.717, 1.165) is 31.8 Å². The second-order valence-electron chi connectivity index (χ2n) is 8.19. The first-order valence-electron chi connectivity index (χ1n) is 10.2. The van der Waals surface area contributed by atoms with Crippen LogP contribution in [0.2, 0.25) is 0 Å². The second-order valence-corrected chi connectivity index (χ2v) is 8.19. The van der Waals surface area contributed by atoms with Gasteiger partial charge in [0.1, 0.15) is 0 Å². The lowest BCUT2D eigenvalue weighted by molar-refractivity contribution is -0.130. The highest BCUT2D eigenvalue weighted by atomic mass is 16.5. The quantitative estimate of drug-likeness (QED) is 0.832. The van der Waals surface area contributed by atoms with Crippen molar-refractivity contribution in [3.05, 3.63) is 27.9 Å².